The van der Waals surface area contributed by atoms with E-state index < -0.39 is 0 Å². The summed E-state index contributed by atoms with van der Waals surface area (Å²) in [5.41, 5.74) is 1.02. The summed E-state index contributed by atoms with van der Waals surface area (Å²) in [6, 6.07) is 9.73. The number of hydrogen-bond acceptors (Lipinski definition) is 4. The van der Waals surface area contributed by atoms with Crippen LogP contribution >= 0.6 is 23.4 Å². The highest BCUT2D eigenvalue weighted by Crippen LogP contribution is 2.27. The first-order valence-corrected chi connectivity index (χ1v) is 6.27. The Kier molecular flexibility index (Phi) is 3.64. The molecule has 0 aliphatic rings. The van der Waals surface area contributed by atoms with Gasteiger partial charge in [0.25, 0.3) is 0 Å². The first-order chi connectivity index (χ1) is 7.79. The maximum atomic E-state index is 5.79. The summed E-state index contributed by atoms with van der Waals surface area (Å²) in [5.74, 6) is 0.696. The van der Waals surface area contributed by atoms with E-state index in [0.717, 1.165) is 10.6 Å². The summed E-state index contributed by atoms with van der Waals surface area (Å²) in [7, 11) is 0. The van der Waals surface area contributed by atoms with Crippen molar-refractivity contribution in [3.05, 3.63) is 41.8 Å². The second kappa shape index (κ2) is 5.18. The number of para-hydroxylation sites is 1. The second-order valence-electron chi connectivity index (χ2n) is 3.05. The van der Waals surface area contributed by atoms with E-state index in [4.69, 9.17) is 11.6 Å². The number of nitrogens with one attached hydrogen (secondary N) is 1. The second-order valence-corrected chi connectivity index (χ2v) is 4.29. The van der Waals surface area contributed by atoms with Crippen molar-refractivity contribution in [2.75, 3.05) is 11.6 Å². The van der Waals surface area contributed by atoms with Crippen molar-refractivity contribution >= 4 is 34.9 Å². The van der Waals surface area contributed by atoms with Crippen molar-refractivity contribution in [1.29, 1.82) is 0 Å². The number of benzene rings is 1. The zero-order valence-electron chi connectivity index (χ0n) is 8.64. The van der Waals surface area contributed by atoms with Crippen molar-refractivity contribution in [3.8, 4) is 0 Å². The zero-order valence-corrected chi connectivity index (χ0v) is 10.2. The zero-order chi connectivity index (χ0) is 11.4. The summed E-state index contributed by atoms with van der Waals surface area (Å²) in [6.07, 6.45) is 3.47. The Balaban J connectivity index is 2.26. The van der Waals surface area contributed by atoms with E-state index in [1.54, 1.807) is 17.8 Å². The van der Waals surface area contributed by atoms with Gasteiger partial charge in [0.1, 0.15) is 17.3 Å². The van der Waals surface area contributed by atoms with E-state index in [0.29, 0.717) is 11.0 Å². The highest BCUT2D eigenvalue weighted by molar-refractivity contribution is 7.98. The molecule has 16 heavy (non-hydrogen) atoms. The van der Waals surface area contributed by atoms with E-state index >= 15 is 0 Å². The van der Waals surface area contributed by atoms with E-state index in [9.17, 15) is 0 Å². The standard InChI is InChI=1S/C11H10ClN3S/c1-16-9-5-3-2-4-8(9)15-11-6-10(12)13-7-14-11/h2-7H,1H3,(H,13,14,15). The van der Waals surface area contributed by atoms with Gasteiger partial charge in [-0.15, -0.1) is 11.8 Å². The summed E-state index contributed by atoms with van der Waals surface area (Å²) < 4.78 is 0. The Morgan fingerprint density at radius 3 is 2.81 bits per heavy atom. The molecule has 0 spiro atoms. The van der Waals surface area contributed by atoms with Crippen molar-refractivity contribution in [3.63, 3.8) is 0 Å². The Bertz CT molecular complexity index is 490. The Morgan fingerprint density at radius 1 is 1.25 bits per heavy atom. The van der Waals surface area contributed by atoms with Crippen LogP contribution < -0.4 is 5.32 Å². The van der Waals surface area contributed by atoms with Gasteiger partial charge in [-0.2, -0.15) is 0 Å². The van der Waals surface area contributed by atoms with Crippen LogP contribution in [0, 0.1) is 0 Å². The smallest absolute Gasteiger partial charge is 0.135 e. The van der Waals surface area contributed by atoms with Crippen LogP contribution in [0.5, 0.6) is 0 Å². The Hall–Kier alpha value is -1.26. The summed E-state index contributed by atoms with van der Waals surface area (Å²) >= 11 is 7.47. The third kappa shape index (κ3) is 2.65. The van der Waals surface area contributed by atoms with Gasteiger partial charge < -0.3 is 5.32 Å². The minimum absolute atomic E-state index is 0.430. The molecule has 1 aromatic heterocycles. The molecule has 0 aliphatic heterocycles. The first kappa shape index (κ1) is 11.2. The molecule has 3 nitrogen and oxygen atoms in total. The number of halogens is 1. The molecular formula is C11H10ClN3S. The minimum Gasteiger partial charge on any atom is -0.339 e. The molecule has 0 atom stereocenters. The van der Waals surface area contributed by atoms with Crippen molar-refractivity contribution in [2.45, 2.75) is 4.90 Å². The number of hydrogen-bond donors (Lipinski definition) is 1. The molecule has 0 fully saturated rings. The molecule has 1 heterocycles. The molecule has 5 heteroatoms. The molecule has 0 unspecified atom stereocenters. The third-order valence-corrected chi connectivity index (χ3v) is 3.01. The van der Waals surface area contributed by atoms with E-state index in [2.05, 4.69) is 21.4 Å². The normalized spacial score (nSPS) is 10.1. The van der Waals surface area contributed by atoms with Crippen LogP contribution in [-0.2, 0) is 0 Å². The maximum Gasteiger partial charge on any atom is 0.135 e. The topological polar surface area (TPSA) is 37.8 Å². The summed E-state index contributed by atoms with van der Waals surface area (Å²) in [5, 5.41) is 3.64. The van der Waals surface area contributed by atoms with Gasteiger partial charge in [0, 0.05) is 11.0 Å². The van der Waals surface area contributed by atoms with Crippen molar-refractivity contribution in [1.82, 2.24) is 9.97 Å². The molecule has 0 aliphatic carbocycles. The lowest BCUT2D eigenvalue weighted by atomic mass is 10.3. The Morgan fingerprint density at radius 2 is 2.06 bits per heavy atom. The van der Waals surface area contributed by atoms with Gasteiger partial charge >= 0.3 is 0 Å². The number of anilines is 2. The highest BCUT2D eigenvalue weighted by atomic mass is 35.5. The van der Waals surface area contributed by atoms with Crippen molar-refractivity contribution in [2.24, 2.45) is 0 Å². The molecule has 1 N–H and O–H groups in total. The SMILES string of the molecule is CSc1ccccc1Nc1cc(Cl)ncn1. The number of nitrogens with zero attached hydrogens (tertiary/aromatic N) is 2. The van der Waals surface area contributed by atoms with Crippen LogP contribution in [0.4, 0.5) is 11.5 Å². The highest BCUT2D eigenvalue weighted by Gasteiger charge is 2.02. The maximum absolute atomic E-state index is 5.79. The quantitative estimate of drug-likeness (QED) is 0.668. The van der Waals surface area contributed by atoms with Crippen molar-refractivity contribution < 1.29 is 0 Å². The third-order valence-electron chi connectivity index (χ3n) is 2.00. The number of rotatable bonds is 3. The van der Waals surface area contributed by atoms with Crippen LogP contribution in [0.2, 0.25) is 5.15 Å². The van der Waals surface area contributed by atoms with Gasteiger partial charge in [-0.1, -0.05) is 23.7 Å². The van der Waals surface area contributed by atoms with Crippen LogP contribution in [0.25, 0.3) is 0 Å². The van der Waals surface area contributed by atoms with Crippen LogP contribution in [-0.4, -0.2) is 16.2 Å². The fourth-order valence-electron chi connectivity index (χ4n) is 1.29. The number of aromatic nitrogens is 2. The lowest BCUT2D eigenvalue weighted by Gasteiger charge is -2.09. The molecule has 0 bridgehead atoms. The predicted molar refractivity (Wildman–Crippen MR) is 68.5 cm³/mol. The first-order valence-electron chi connectivity index (χ1n) is 4.67. The number of thioether (sulfide) groups is 1. The van der Waals surface area contributed by atoms with Gasteiger partial charge in [0.05, 0.1) is 5.69 Å². The molecule has 0 radical (unpaired) electrons. The molecule has 0 saturated heterocycles. The molecule has 0 saturated carbocycles. The molecule has 2 rings (SSSR count). The average molecular weight is 252 g/mol. The lowest BCUT2D eigenvalue weighted by molar-refractivity contribution is 1.16. The van der Waals surface area contributed by atoms with Gasteiger partial charge in [-0.3, -0.25) is 0 Å². The largest absolute Gasteiger partial charge is 0.339 e. The summed E-state index contributed by atoms with van der Waals surface area (Å²) in [4.78, 5) is 9.09. The average Bonchev–Trinajstić information content (AvgIpc) is 2.30. The molecular weight excluding hydrogens is 242 g/mol. The Labute approximate surface area is 103 Å². The molecule has 1 aromatic carbocycles. The van der Waals surface area contributed by atoms with E-state index in [-0.39, 0.29) is 0 Å². The molecule has 82 valence electrons. The van der Waals surface area contributed by atoms with Gasteiger partial charge in [0.15, 0.2) is 0 Å². The van der Waals surface area contributed by atoms with Gasteiger partial charge in [0.2, 0.25) is 0 Å². The van der Waals surface area contributed by atoms with Crippen LogP contribution in [0.3, 0.4) is 0 Å². The fraction of sp³-hybridized carbons (Fsp3) is 0.0909. The fourth-order valence-corrected chi connectivity index (χ4v) is 1.99. The van der Waals surface area contributed by atoms with Gasteiger partial charge in [-0.25, -0.2) is 9.97 Å². The van der Waals surface area contributed by atoms with Crippen LogP contribution in [0.1, 0.15) is 0 Å². The monoisotopic (exact) mass is 251 g/mol. The molecule has 2 aromatic rings. The molecule has 0 amide bonds. The van der Waals surface area contributed by atoms with E-state index in [1.807, 2.05) is 24.5 Å². The van der Waals surface area contributed by atoms with Gasteiger partial charge in [-0.05, 0) is 18.4 Å². The van der Waals surface area contributed by atoms with Crippen LogP contribution in [0.15, 0.2) is 41.6 Å². The predicted octanol–water partition coefficient (Wildman–Crippen LogP) is 3.60. The van der Waals surface area contributed by atoms with E-state index in [1.165, 1.54) is 6.33 Å². The minimum atomic E-state index is 0.430. The lowest BCUT2D eigenvalue weighted by Crippen LogP contribution is -1.95. The summed E-state index contributed by atoms with van der Waals surface area (Å²) in [6.45, 7) is 0.